The molecule has 30 heavy (non-hydrogen) atoms. The van der Waals surface area contributed by atoms with Crippen molar-refractivity contribution < 1.29 is 19.0 Å². The van der Waals surface area contributed by atoms with Crippen LogP contribution in [0.4, 0.5) is 4.39 Å². The monoisotopic (exact) mass is 431 g/mol. The molecule has 4 nitrogen and oxygen atoms in total. The molecular weight excluding hydrogens is 405 g/mol. The molecule has 2 atom stereocenters. The lowest BCUT2D eigenvalue weighted by atomic mass is 9.91. The minimum atomic E-state index is -0.750. The Balaban J connectivity index is 1.30. The van der Waals surface area contributed by atoms with Gasteiger partial charge in [-0.05, 0) is 73.1 Å². The summed E-state index contributed by atoms with van der Waals surface area (Å²) in [6.07, 6.45) is 2.38. The average Bonchev–Trinajstić information content (AvgIpc) is 3.52. The first-order valence-electron chi connectivity index (χ1n) is 10.5. The molecule has 4 rings (SSSR count). The highest BCUT2D eigenvalue weighted by Gasteiger charge is 2.34. The highest BCUT2D eigenvalue weighted by molar-refractivity contribution is 6.31. The van der Waals surface area contributed by atoms with Crippen molar-refractivity contribution in [2.24, 2.45) is 11.8 Å². The molecule has 0 bridgehead atoms. The van der Waals surface area contributed by atoms with E-state index in [-0.39, 0.29) is 24.2 Å². The number of rotatable bonds is 9. The highest BCUT2D eigenvalue weighted by Crippen LogP contribution is 2.45. The number of hydrogen-bond donors (Lipinski definition) is 1. The summed E-state index contributed by atoms with van der Waals surface area (Å²) in [5, 5.41) is 9.82. The Morgan fingerprint density at radius 3 is 2.73 bits per heavy atom. The molecule has 2 fully saturated rings. The normalized spacial score (nSPS) is 19.2. The van der Waals surface area contributed by atoms with Crippen LogP contribution in [0.3, 0.4) is 0 Å². The predicted molar refractivity (Wildman–Crippen MR) is 115 cm³/mol. The van der Waals surface area contributed by atoms with Crippen LogP contribution in [0.2, 0.25) is 5.02 Å². The van der Waals surface area contributed by atoms with Crippen LogP contribution in [0.15, 0.2) is 42.5 Å². The topological polar surface area (TPSA) is 49.8 Å². The molecule has 2 aliphatic rings. The van der Waals surface area contributed by atoms with Crippen LogP contribution >= 0.6 is 11.6 Å². The van der Waals surface area contributed by atoms with Crippen LogP contribution in [0.25, 0.3) is 0 Å². The fourth-order valence-corrected chi connectivity index (χ4v) is 4.63. The van der Waals surface area contributed by atoms with Crippen LogP contribution in [0.1, 0.15) is 49.3 Å². The van der Waals surface area contributed by atoms with E-state index in [4.69, 9.17) is 16.3 Å². The van der Waals surface area contributed by atoms with Gasteiger partial charge in [0.05, 0.1) is 13.0 Å². The summed E-state index contributed by atoms with van der Waals surface area (Å²) in [5.74, 6) is 0.730. The summed E-state index contributed by atoms with van der Waals surface area (Å²) in [5.41, 5.74) is 1.87. The summed E-state index contributed by atoms with van der Waals surface area (Å²) in [4.78, 5) is 13.5. The van der Waals surface area contributed by atoms with E-state index in [0.29, 0.717) is 23.5 Å². The second-order valence-corrected chi connectivity index (χ2v) is 8.99. The van der Waals surface area contributed by atoms with Crippen molar-refractivity contribution in [1.29, 1.82) is 0 Å². The van der Waals surface area contributed by atoms with Gasteiger partial charge in [-0.3, -0.25) is 9.69 Å². The van der Waals surface area contributed by atoms with E-state index < -0.39 is 5.97 Å². The molecule has 0 spiro atoms. The number of ether oxygens (including phenoxy) is 1. The van der Waals surface area contributed by atoms with E-state index in [1.165, 1.54) is 12.1 Å². The van der Waals surface area contributed by atoms with Crippen LogP contribution in [0.5, 0.6) is 5.75 Å². The van der Waals surface area contributed by atoms with Gasteiger partial charge in [-0.25, -0.2) is 4.39 Å². The van der Waals surface area contributed by atoms with Gasteiger partial charge in [-0.15, -0.1) is 0 Å². The van der Waals surface area contributed by atoms with Crippen molar-refractivity contribution in [3.05, 3.63) is 64.4 Å². The van der Waals surface area contributed by atoms with E-state index in [2.05, 4.69) is 4.90 Å². The third-order valence-corrected chi connectivity index (χ3v) is 6.64. The number of carboxylic acid groups (broad SMARTS) is 1. The molecule has 1 aliphatic heterocycles. The summed E-state index contributed by atoms with van der Waals surface area (Å²) in [6, 6.07) is 12.4. The fourth-order valence-electron chi connectivity index (χ4n) is 4.36. The molecule has 2 aromatic carbocycles. The smallest absolute Gasteiger partial charge is 0.303 e. The summed E-state index contributed by atoms with van der Waals surface area (Å²) >= 11 is 6.24. The number of benzene rings is 2. The zero-order valence-electron chi connectivity index (χ0n) is 17.1. The number of halogens is 2. The number of carboxylic acids is 1. The van der Waals surface area contributed by atoms with Crippen molar-refractivity contribution in [1.82, 2.24) is 4.90 Å². The van der Waals surface area contributed by atoms with Gasteiger partial charge in [0.2, 0.25) is 0 Å². The van der Waals surface area contributed by atoms with E-state index >= 15 is 0 Å². The van der Waals surface area contributed by atoms with Crippen molar-refractivity contribution in [2.75, 3.05) is 19.7 Å². The lowest BCUT2D eigenvalue weighted by Crippen LogP contribution is -2.50. The quantitative estimate of drug-likeness (QED) is 0.568. The lowest BCUT2D eigenvalue weighted by Gasteiger charge is -2.43. The molecule has 2 unspecified atom stereocenters. The maximum atomic E-state index is 13.6. The minimum Gasteiger partial charge on any atom is -0.493 e. The van der Waals surface area contributed by atoms with E-state index in [0.717, 1.165) is 42.8 Å². The van der Waals surface area contributed by atoms with Crippen LogP contribution in [0, 0.1) is 17.7 Å². The largest absolute Gasteiger partial charge is 0.493 e. The van der Waals surface area contributed by atoms with Crippen molar-refractivity contribution in [2.45, 2.75) is 38.1 Å². The Hall–Kier alpha value is -2.11. The molecule has 1 N–H and O–H groups in total. The lowest BCUT2D eigenvalue weighted by molar-refractivity contribution is -0.137. The fraction of sp³-hybridized carbons (Fsp3) is 0.458. The Kier molecular flexibility index (Phi) is 6.30. The number of nitrogens with zero attached hydrogens (tertiary/aromatic N) is 1. The Labute approximate surface area is 181 Å². The number of aliphatic carboxylic acids is 1. The maximum absolute atomic E-state index is 13.6. The predicted octanol–water partition coefficient (Wildman–Crippen LogP) is 5.52. The first-order chi connectivity index (χ1) is 14.4. The molecule has 2 aromatic rings. The van der Waals surface area contributed by atoms with Crippen LogP contribution in [-0.4, -0.2) is 35.7 Å². The molecule has 1 saturated carbocycles. The first kappa shape index (κ1) is 21.1. The molecule has 160 valence electrons. The van der Waals surface area contributed by atoms with Gasteiger partial charge in [0.15, 0.2) is 0 Å². The van der Waals surface area contributed by atoms with Gasteiger partial charge < -0.3 is 9.84 Å². The maximum Gasteiger partial charge on any atom is 0.303 e. The van der Waals surface area contributed by atoms with Crippen LogP contribution in [-0.2, 0) is 4.79 Å². The second kappa shape index (κ2) is 8.94. The number of likely N-dealkylation sites (tertiary alicyclic amines) is 1. The first-order valence-corrected chi connectivity index (χ1v) is 10.9. The van der Waals surface area contributed by atoms with Crippen molar-refractivity contribution in [3.63, 3.8) is 0 Å². The zero-order chi connectivity index (χ0) is 21.3. The molecule has 0 aromatic heterocycles. The standard InChI is InChI=1S/C24H27ClFNO3/c1-15(21-10-19(26)7-8-23(21)25)27-12-16(13-27)14-30-20-4-2-3-18(9-20)22(11-24(28)29)17-5-6-17/h2-4,7-10,15-17,22H,5-6,11-14H2,1H3,(H,28,29). The summed E-state index contributed by atoms with van der Waals surface area (Å²) < 4.78 is 19.6. The van der Waals surface area contributed by atoms with Gasteiger partial charge in [-0.1, -0.05) is 23.7 Å². The van der Waals surface area contributed by atoms with Gasteiger partial charge in [0.1, 0.15) is 11.6 Å². The second-order valence-electron chi connectivity index (χ2n) is 8.59. The molecular formula is C24H27ClFNO3. The molecule has 1 heterocycles. The number of carbonyl (C=O) groups is 1. The van der Waals surface area contributed by atoms with Gasteiger partial charge in [0, 0.05) is 30.1 Å². The van der Waals surface area contributed by atoms with Crippen LogP contribution < -0.4 is 4.74 Å². The molecule has 6 heteroatoms. The van der Waals surface area contributed by atoms with Crippen molar-refractivity contribution in [3.8, 4) is 5.75 Å². The highest BCUT2D eigenvalue weighted by atomic mass is 35.5. The van der Waals surface area contributed by atoms with Gasteiger partial charge in [-0.2, -0.15) is 0 Å². The SMILES string of the molecule is CC(c1cc(F)ccc1Cl)N1CC(COc2cccc(C(CC(=O)O)C3CC3)c2)C1. The number of hydrogen-bond acceptors (Lipinski definition) is 3. The molecule has 0 radical (unpaired) electrons. The van der Waals surface area contributed by atoms with Gasteiger partial charge in [0.25, 0.3) is 0 Å². The molecule has 1 saturated heterocycles. The minimum absolute atomic E-state index is 0.0584. The van der Waals surface area contributed by atoms with Crippen molar-refractivity contribution >= 4 is 17.6 Å². The third kappa shape index (κ3) is 4.96. The van der Waals surface area contributed by atoms with E-state index in [1.807, 2.05) is 31.2 Å². The summed E-state index contributed by atoms with van der Waals surface area (Å²) in [7, 11) is 0. The zero-order valence-corrected chi connectivity index (χ0v) is 17.8. The Morgan fingerprint density at radius 1 is 1.27 bits per heavy atom. The molecule has 1 aliphatic carbocycles. The Morgan fingerprint density at radius 2 is 2.03 bits per heavy atom. The third-order valence-electron chi connectivity index (χ3n) is 6.30. The van der Waals surface area contributed by atoms with Gasteiger partial charge >= 0.3 is 5.97 Å². The van der Waals surface area contributed by atoms with E-state index in [1.54, 1.807) is 6.07 Å². The average molecular weight is 432 g/mol. The van der Waals surface area contributed by atoms with E-state index in [9.17, 15) is 14.3 Å². The molecule has 0 amide bonds. The Bertz CT molecular complexity index is 911. The summed E-state index contributed by atoms with van der Waals surface area (Å²) in [6.45, 7) is 4.40.